The summed E-state index contributed by atoms with van der Waals surface area (Å²) in [5, 5.41) is 10.1. The van der Waals surface area contributed by atoms with Gasteiger partial charge in [0.05, 0.1) is 5.56 Å². The zero-order chi connectivity index (χ0) is 12.8. The van der Waals surface area contributed by atoms with Gasteiger partial charge >= 0.3 is 0 Å². The zero-order valence-corrected chi connectivity index (χ0v) is 10.9. The van der Waals surface area contributed by atoms with Crippen LogP contribution in [0, 0.1) is 0 Å². The van der Waals surface area contributed by atoms with Gasteiger partial charge in [-0.2, -0.15) is 0 Å². The zero-order valence-electron chi connectivity index (χ0n) is 10.9. The van der Waals surface area contributed by atoms with Gasteiger partial charge in [-0.3, -0.25) is 4.79 Å². The molecule has 0 spiro atoms. The van der Waals surface area contributed by atoms with E-state index in [9.17, 15) is 9.90 Å². The van der Waals surface area contributed by atoms with E-state index in [0.717, 1.165) is 24.8 Å². The molecular weight excluding hydrogens is 214 g/mol. The van der Waals surface area contributed by atoms with Crippen molar-refractivity contribution in [1.82, 2.24) is 4.90 Å². The van der Waals surface area contributed by atoms with Gasteiger partial charge in [0.1, 0.15) is 5.75 Å². The first kappa shape index (κ1) is 13.6. The Morgan fingerprint density at radius 3 is 2.65 bits per heavy atom. The lowest BCUT2D eigenvalue weighted by Crippen LogP contribution is -2.26. The molecule has 1 amide bonds. The molecule has 0 unspecified atom stereocenters. The van der Waals surface area contributed by atoms with Crippen LogP contribution >= 0.6 is 0 Å². The highest BCUT2D eigenvalue weighted by atomic mass is 16.3. The number of benzene rings is 1. The maximum Gasteiger partial charge on any atom is 0.257 e. The summed E-state index contributed by atoms with van der Waals surface area (Å²) in [6.07, 6.45) is 2.92. The first-order valence-electron chi connectivity index (χ1n) is 6.18. The predicted molar refractivity (Wildman–Crippen MR) is 69.4 cm³/mol. The lowest BCUT2D eigenvalue weighted by molar-refractivity contribution is 0.0799. The summed E-state index contributed by atoms with van der Waals surface area (Å²) in [4.78, 5) is 13.6. The summed E-state index contributed by atoms with van der Waals surface area (Å²) < 4.78 is 0. The Morgan fingerprint density at radius 1 is 1.35 bits per heavy atom. The Labute approximate surface area is 103 Å². The van der Waals surface area contributed by atoms with Crippen LogP contribution in [-0.4, -0.2) is 29.5 Å². The number of phenolic OH excluding ortho intramolecular Hbond substituents is 1. The molecule has 1 rings (SSSR count). The lowest BCUT2D eigenvalue weighted by atomic mass is 10.0. The average molecular weight is 235 g/mol. The Bertz CT molecular complexity index is 388. The van der Waals surface area contributed by atoms with Gasteiger partial charge in [-0.1, -0.05) is 25.5 Å². The fraction of sp³-hybridized carbons (Fsp3) is 0.500. The first-order chi connectivity index (χ1) is 8.11. The highest BCUT2D eigenvalue weighted by molar-refractivity contribution is 5.97. The molecule has 0 bridgehead atoms. The highest BCUT2D eigenvalue weighted by Crippen LogP contribution is 2.25. The molecule has 3 heteroatoms. The molecule has 0 saturated carbocycles. The molecule has 0 atom stereocenters. The van der Waals surface area contributed by atoms with Crippen molar-refractivity contribution in [2.24, 2.45) is 0 Å². The minimum Gasteiger partial charge on any atom is -0.507 e. The number of unbranched alkanes of at least 4 members (excludes halogenated alkanes) is 1. The van der Waals surface area contributed by atoms with Gasteiger partial charge < -0.3 is 10.0 Å². The number of para-hydroxylation sites is 1. The molecule has 0 saturated heterocycles. The van der Waals surface area contributed by atoms with Crippen molar-refractivity contribution in [3.05, 3.63) is 29.3 Å². The molecule has 17 heavy (non-hydrogen) atoms. The molecule has 1 aromatic rings. The Hall–Kier alpha value is -1.51. The quantitative estimate of drug-likeness (QED) is 0.852. The number of aromatic hydroxyl groups is 1. The van der Waals surface area contributed by atoms with E-state index >= 15 is 0 Å². The molecule has 1 N–H and O–H groups in total. The summed E-state index contributed by atoms with van der Waals surface area (Å²) in [6.45, 7) is 4.66. The molecule has 1 aromatic carbocycles. The Morgan fingerprint density at radius 2 is 2.06 bits per heavy atom. The second-order valence-electron chi connectivity index (χ2n) is 4.24. The minimum absolute atomic E-state index is 0.122. The number of carbonyl (C=O) groups is 1. The Balaban J connectivity index is 2.97. The average Bonchev–Trinajstić information content (AvgIpc) is 2.35. The fourth-order valence-corrected chi connectivity index (χ4v) is 1.68. The second-order valence-corrected chi connectivity index (χ2v) is 4.24. The van der Waals surface area contributed by atoms with Crippen molar-refractivity contribution >= 4 is 5.91 Å². The summed E-state index contributed by atoms with van der Waals surface area (Å²) in [7, 11) is 1.74. The van der Waals surface area contributed by atoms with Crippen LogP contribution in [0.4, 0.5) is 0 Å². The lowest BCUT2D eigenvalue weighted by Gasteiger charge is -2.16. The van der Waals surface area contributed by atoms with Gasteiger partial charge in [0.2, 0.25) is 0 Å². The third-order valence-electron chi connectivity index (χ3n) is 2.97. The van der Waals surface area contributed by atoms with Crippen molar-refractivity contribution in [2.75, 3.05) is 13.6 Å². The SMILES string of the molecule is CCCCc1cccc(C(=O)N(C)CC)c1O. The predicted octanol–water partition coefficient (Wildman–Crippen LogP) is 2.83. The maximum atomic E-state index is 12.0. The van der Waals surface area contributed by atoms with E-state index in [4.69, 9.17) is 0 Å². The molecule has 0 fully saturated rings. The second kappa shape index (κ2) is 6.28. The summed E-state index contributed by atoms with van der Waals surface area (Å²) in [5.74, 6) is 0.0228. The van der Waals surface area contributed by atoms with E-state index in [1.165, 1.54) is 0 Å². The van der Waals surface area contributed by atoms with Crippen LogP contribution < -0.4 is 0 Å². The number of nitrogens with zero attached hydrogens (tertiary/aromatic N) is 1. The molecule has 0 aromatic heterocycles. The van der Waals surface area contributed by atoms with E-state index in [0.29, 0.717) is 12.1 Å². The highest BCUT2D eigenvalue weighted by Gasteiger charge is 2.16. The molecule has 0 radical (unpaired) electrons. The van der Waals surface area contributed by atoms with E-state index in [1.54, 1.807) is 18.0 Å². The van der Waals surface area contributed by atoms with E-state index in [1.807, 2.05) is 19.1 Å². The number of rotatable bonds is 5. The molecule has 0 aliphatic carbocycles. The largest absolute Gasteiger partial charge is 0.507 e. The molecule has 0 heterocycles. The van der Waals surface area contributed by atoms with Crippen molar-refractivity contribution in [3.63, 3.8) is 0 Å². The topological polar surface area (TPSA) is 40.5 Å². The fourth-order valence-electron chi connectivity index (χ4n) is 1.68. The smallest absolute Gasteiger partial charge is 0.257 e. The minimum atomic E-state index is -0.122. The van der Waals surface area contributed by atoms with E-state index < -0.39 is 0 Å². The number of carbonyl (C=O) groups excluding carboxylic acids is 1. The van der Waals surface area contributed by atoms with Gasteiger partial charge in [0.25, 0.3) is 5.91 Å². The number of phenols is 1. The van der Waals surface area contributed by atoms with Crippen LogP contribution in [0.3, 0.4) is 0 Å². The van der Waals surface area contributed by atoms with Crippen molar-refractivity contribution in [3.8, 4) is 5.75 Å². The summed E-state index contributed by atoms with van der Waals surface area (Å²) in [5.41, 5.74) is 1.27. The molecular formula is C14H21NO2. The number of amides is 1. The van der Waals surface area contributed by atoms with Crippen LogP contribution in [0.15, 0.2) is 18.2 Å². The third kappa shape index (κ3) is 3.22. The standard InChI is InChI=1S/C14H21NO2/c1-4-6-8-11-9-7-10-12(13(11)16)14(17)15(3)5-2/h7,9-10,16H,4-6,8H2,1-3H3. The molecule has 3 nitrogen and oxygen atoms in total. The van der Waals surface area contributed by atoms with Gasteiger partial charge in [-0.15, -0.1) is 0 Å². The Kier molecular flexibility index (Phi) is 5.01. The van der Waals surface area contributed by atoms with Crippen LogP contribution in [-0.2, 0) is 6.42 Å². The van der Waals surface area contributed by atoms with Crippen molar-refractivity contribution in [1.29, 1.82) is 0 Å². The summed E-state index contributed by atoms with van der Waals surface area (Å²) in [6, 6.07) is 5.40. The van der Waals surface area contributed by atoms with Crippen LogP contribution in [0.25, 0.3) is 0 Å². The van der Waals surface area contributed by atoms with Gasteiger partial charge in [0.15, 0.2) is 0 Å². The van der Waals surface area contributed by atoms with Gasteiger partial charge in [-0.25, -0.2) is 0 Å². The number of hydrogen-bond acceptors (Lipinski definition) is 2. The summed E-state index contributed by atoms with van der Waals surface area (Å²) >= 11 is 0. The van der Waals surface area contributed by atoms with Crippen LogP contribution in [0.1, 0.15) is 42.6 Å². The van der Waals surface area contributed by atoms with Gasteiger partial charge in [-0.05, 0) is 31.4 Å². The van der Waals surface area contributed by atoms with E-state index in [-0.39, 0.29) is 11.7 Å². The van der Waals surface area contributed by atoms with E-state index in [2.05, 4.69) is 6.92 Å². The molecule has 0 aliphatic heterocycles. The number of hydrogen-bond donors (Lipinski definition) is 1. The van der Waals surface area contributed by atoms with Crippen molar-refractivity contribution < 1.29 is 9.90 Å². The van der Waals surface area contributed by atoms with Gasteiger partial charge in [0, 0.05) is 13.6 Å². The molecule has 0 aliphatic rings. The first-order valence-corrected chi connectivity index (χ1v) is 6.18. The molecule has 94 valence electrons. The monoisotopic (exact) mass is 235 g/mol. The van der Waals surface area contributed by atoms with Crippen molar-refractivity contribution in [2.45, 2.75) is 33.1 Å². The maximum absolute atomic E-state index is 12.0. The third-order valence-corrected chi connectivity index (χ3v) is 2.97. The normalized spacial score (nSPS) is 10.3. The van der Waals surface area contributed by atoms with Crippen LogP contribution in [0.5, 0.6) is 5.75 Å². The number of aryl methyl sites for hydroxylation is 1. The van der Waals surface area contributed by atoms with Crippen LogP contribution in [0.2, 0.25) is 0 Å².